The van der Waals surface area contributed by atoms with Gasteiger partial charge < -0.3 is 39.2 Å². The van der Waals surface area contributed by atoms with Crippen molar-refractivity contribution in [3.05, 3.63) is 35.9 Å². The van der Waals surface area contributed by atoms with E-state index in [1.165, 1.54) is 21.3 Å². The summed E-state index contributed by atoms with van der Waals surface area (Å²) in [6.07, 6.45) is 1.97. The summed E-state index contributed by atoms with van der Waals surface area (Å²) < 4.78 is 26.7. The lowest BCUT2D eigenvalue weighted by atomic mass is 9.93. The van der Waals surface area contributed by atoms with Gasteiger partial charge in [0.2, 0.25) is 18.4 Å². The summed E-state index contributed by atoms with van der Waals surface area (Å²) in [6, 6.07) is 8.83. The predicted molar refractivity (Wildman–Crippen MR) is 128 cm³/mol. The molecule has 0 aromatic heterocycles. The number of piperidine rings is 1. The summed E-state index contributed by atoms with van der Waals surface area (Å²) in [6.45, 7) is 1.82. The van der Waals surface area contributed by atoms with Crippen molar-refractivity contribution in [1.29, 1.82) is 0 Å². The first kappa shape index (κ1) is 24.3. The summed E-state index contributed by atoms with van der Waals surface area (Å²) in [4.78, 5) is 27.0. The molecule has 35 heavy (non-hydrogen) atoms. The van der Waals surface area contributed by atoms with E-state index >= 15 is 0 Å². The quantitative estimate of drug-likeness (QED) is 0.590. The summed E-state index contributed by atoms with van der Waals surface area (Å²) >= 11 is 0. The van der Waals surface area contributed by atoms with Crippen LogP contribution in [-0.2, 0) is 11.3 Å². The van der Waals surface area contributed by atoms with Crippen molar-refractivity contribution in [2.45, 2.75) is 25.8 Å². The van der Waals surface area contributed by atoms with Crippen LogP contribution in [0, 0.1) is 5.92 Å². The zero-order valence-corrected chi connectivity index (χ0v) is 20.2. The fraction of sp³-hybridized carbons (Fsp3) is 0.440. The molecule has 0 atom stereocenters. The average molecular weight is 486 g/mol. The summed E-state index contributed by atoms with van der Waals surface area (Å²) in [5.74, 6) is 3.06. The topological polar surface area (TPSA) is 108 Å². The van der Waals surface area contributed by atoms with E-state index in [-0.39, 0.29) is 24.6 Å². The number of hydrogen-bond acceptors (Lipinski definition) is 7. The van der Waals surface area contributed by atoms with Gasteiger partial charge in [-0.2, -0.15) is 0 Å². The lowest BCUT2D eigenvalue weighted by Gasteiger charge is -2.31. The van der Waals surface area contributed by atoms with Crippen molar-refractivity contribution in [2.75, 3.05) is 46.5 Å². The maximum Gasteiger partial charge on any atom is 0.321 e. The molecule has 2 aliphatic heterocycles. The number of likely N-dealkylation sites (tertiary alicyclic amines) is 1. The number of methoxy groups -OCH3 is 3. The third-order valence-corrected chi connectivity index (χ3v) is 6.22. The van der Waals surface area contributed by atoms with Gasteiger partial charge in [0.15, 0.2) is 23.0 Å². The number of amides is 3. The molecular formula is C25H31N3O7. The molecule has 0 spiro atoms. The SMILES string of the molecule is COc1cc(NC(=O)N2CCC(CC(=O)NCc3ccc4c(c3)OCO4)CC2)cc(OC)c1OC. The molecule has 0 radical (unpaired) electrons. The van der Waals surface area contributed by atoms with Crippen molar-refractivity contribution < 1.29 is 33.3 Å². The van der Waals surface area contributed by atoms with Crippen molar-refractivity contribution in [2.24, 2.45) is 5.92 Å². The third kappa shape index (κ3) is 5.82. The number of anilines is 1. The van der Waals surface area contributed by atoms with Gasteiger partial charge in [-0.3, -0.25) is 4.79 Å². The standard InChI is InChI=1S/C25H31N3O7/c1-31-21-12-18(13-22(32-2)24(21)33-3)27-25(30)28-8-6-16(7-9-28)11-23(29)26-14-17-4-5-19-20(10-17)35-15-34-19/h4-5,10,12-13,16H,6-9,11,14-15H2,1-3H3,(H,26,29)(H,27,30). The first-order chi connectivity index (χ1) is 17.0. The zero-order chi connectivity index (χ0) is 24.8. The highest BCUT2D eigenvalue weighted by Crippen LogP contribution is 2.40. The Kier molecular flexibility index (Phi) is 7.69. The van der Waals surface area contributed by atoms with E-state index in [9.17, 15) is 9.59 Å². The van der Waals surface area contributed by atoms with Crippen LogP contribution in [0.4, 0.5) is 10.5 Å². The lowest BCUT2D eigenvalue weighted by Crippen LogP contribution is -2.41. The lowest BCUT2D eigenvalue weighted by molar-refractivity contribution is -0.122. The number of ether oxygens (including phenoxy) is 5. The molecule has 188 valence electrons. The molecule has 2 N–H and O–H groups in total. The van der Waals surface area contributed by atoms with Gasteiger partial charge in [0, 0.05) is 38.2 Å². The zero-order valence-electron chi connectivity index (χ0n) is 20.2. The second-order valence-corrected chi connectivity index (χ2v) is 8.44. The summed E-state index contributed by atoms with van der Waals surface area (Å²) in [5.41, 5.74) is 1.51. The highest BCUT2D eigenvalue weighted by Gasteiger charge is 2.25. The van der Waals surface area contributed by atoms with Crippen LogP contribution in [0.3, 0.4) is 0 Å². The van der Waals surface area contributed by atoms with Gasteiger partial charge in [0.25, 0.3) is 0 Å². The van der Waals surface area contributed by atoms with Crippen molar-refractivity contribution in [1.82, 2.24) is 10.2 Å². The second-order valence-electron chi connectivity index (χ2n) is 8.44. The van der Waals surface area contributed by atoms with Crippen LogP contribution in [0.5, 0.6) is 28.7 Å². The fourth-order valence-corrected chi connectivity index (χ4v) is 4.28. The Labute approximate surface area is 204 Å². The van der Waals surface area contributed by atoms with E-state index < -0.39 is 0 Å². The monoisotopic (exact) mass is 485 g/mol. The van der Waals surface area contributed by atoms with Crippen LogP contribution in [0.25, 0.3) is 0 Å². The molecule has 2 aromatic carbocycles. The van der Waals surface area contributed by atoms with E-state index in [2.05, 4.69) is 10.6 Å². The molecule has 0 unspecified atom stereocenters. The summed E-state index contributed by atoms with van der Waals surface area (Å²) in [7, 11) is 4.58. The molecule has 2 aromatic rings. The number of fused-ring (bicyclic) bond motifs is 1. The third-order valence-electron chi connectivity index (χ3n) is 6.22. The Morgan fingerprint density at radius 2 is 1.66 bits per heavy atom. The van der Waals surface area contributed by atoms with Crippen molar-refractivity contribution in [3.8, 4) is 28.7 Å². The smallest absolute Gasteiger partial charge is 0.321 e. The number of benzene rings is 2. The molecule has 1 fully saturated rings. The van der Waals surface area contributed by atoms with E-state index in [0.29, 0.717) is 54.7 Å². The minimum atomic E-state index is -0.204. The molecule has 2 aliphatic rings. The highest BCUT2D eigenvalue weighted by atomic mass is 16.7. The molecule has 10 heteroatoms. The number of hydrogen-bond donors (Lipinski definition) is 2. The van der Waals surface area contributed by atoms with Gasteiger partial charge in [-0.1, -0.05) is 6.07 Å². The Morgan fingerprint density at radius 3 is 2.31 bits per heavy atom. The number of carbonyl (C=O) groups is 2. The van der Waals surface area contributed by atoms with Crippen LogP contribution in [0.2, 0.25) is 0 Å². The average Bonchev–Trinajstić information content (AvgIpc) is 3.35. The number of rotatable bonds is 8. The first-order valence-electron chi connectivity index (χ1n) is 11.5. The van der Waals surface area contributed by atoms with Gasteiger partial charge in [-0.15, -0.1) is 0 Å². The molecule has 1 saturated heterocycles. The second kappa shape index (κ2) is 11.1. The largest absolute Gasteiger partial charge is 0.493 e. The Bertz CT molecular complexity index is 1040. The van der Waals surface area contributed by atoms with Crippen LogP contribution >= 0.6 is 0 Å². The number of carbonyl (C=O) groups excluding carboxylic acids is 2. The fourth-order valence-electron chi connectivity index (χ4n) is 4.28. The highest BCUT2D eigenvalue weighted by molar-refractivity contribution is 5.90. The van der Waals surface area contributed by atoms with Crippen LogP contribution < -0.4 is 34.3 Å². The van der Waals surface area contributed by atoms with Crippen molar-refractivity contribution in [3.63, 3.8) is 0 Å². The molecule has 0 aliphatic carbocycles. The number of nitrogens with one attached hydrogen (secondary N) is 2. The molecule has 0 saturated carbocycles. The van der Waals surface area contributed by atoms with Crippen LogP contribution in [0.15, 0.2) is 30.3 Å². The van der Waals surface area contributed by atoms with Gasteiger partial charge >= 0.3 is 6.03 Å². The number of urea groups is 1. The molecule has 3 amide bonds. The van der Waals surface area contributed by atoms with Gasteiger partial charge in [-0.05, 0) is 36.5 Å². The Morgan fingerprint density at radius 1 is 0.971 bits per heavy atom. The van der Waals surface area contributed by atoms with E-state index in [1.54, 1.807) is 17.0 Å². The minimum Gasteiger partial charge on any atom is -0.493 e. The van der Waals surface area contributed by atoms with Crippen LogP contribution in [0.1, 0.15) is 24.8 Å². The van der Waals surface area contributed by atoms with Gasteiger partial charge in [0.1, 0.15) is 0 Å². The Hall–Kier alpha value is -3.82. The van der Waals surface area contributed by atoms with Gasteiger partial charge in [0.05, 0.1) is 27.0 Å². The molecule has 0 bridgehead atoms. The van der Waals surface area contributed by atoms with E-state index in [4.69, 9.17) is 23.7 Å². The molecule has 4 rings (SSSR count). The minimum absolute atomic E-state index is 0.00277. The Balaban J connectivity index is 1.23. The summed E-state index contributed by atoms with van der Waals surface area (Å²) in [5, 5.41) is 5.87. The van der Waals surface area contributed by atoms with Gasteiger partial charge in [-0.25, -0.2) is 4.79 Å². The number of nitrogens with zero attached hydrogens (tertiary/aromatic N) is 1. The normalized spacial score (nSPS) is 14.9. The molecular weight excluding hydrogens is 454 g/mol. The maximum absolute atomic E-state index is 12.8. The maximum atomic E-state index is 12.8. The van der Waals surface area contributed by atoms with Crippen LogP contribution in [-0.4, -0.2) is 58.1 Å². The van der Waals surface area contributed by atoms with E-state index in [0.717, 1.165) is 24.2 Å². The van der Waals surface area contributed by atoms with E-state index in [1.807, 2.05) is 18.2 Å². The molecule has 2 heterocycles. The predicted octanol–water partition coefficient (Wildman–Crippen LogP) is 3.39. The molecule has 10 nitrogen and oxygen atoms in total. The first-order valence-corrected chi connectivity index (χ1v) is 11.5. The van der Waals surface area contributed by atoms with Crippen molar-refractivity contribution >= 4 is 17.6 Å².